The molecule has 0 aromatic heterocycles. The normalized spacial score (nSPS) is 21.4. The van der Waals surface area contributed by atoms with Gasteiger partial charge in [0.15, 0.2) is 0 Å². The lowest BCUT2D eigenvalue weighted by Crippen LogP contribution is -2.60. The van der Waals surface area contributed by atoms with Crippen LogP contribution < -0.4 is 10.2 Å². The average Bonchev–Trinajstić information content (AvgIpc) is 2.39. The van der Waals surface area contributed by atoms with Gasteiger partial charge in [0.2, 0.25) is 0 Å². The van der Waals surface area contributed by atoms with Crippen molar-refractivity contribution < 1.29 is 4.39 Å². The van der Waals surface area contributed by atoms with Crippen LogP contribution in [0.1, 0.15) is 46.0 Å². The molecule has 104 valence electrons. The highest BCUT2D eigenvalue weighted by molar-refractivity contribution is 5.75. The molecule has 1 aromatic rings. The van der Waals surface area contributed by atoms with E-state index in [4.69, 9.17) is 0 Å². The van der Waals surface area contributed by atoms with E-state index in [2.05, 4.69) is 30.1 Å². The van der Waals surface area contributed by atoms with Crippen LogP contribution in [0.15, 0.2) is 18.2 Å². The van der Waals surface area contributed by atoms with Crippen LogP contribution in [0.4, 0.5) is 15.8 Å². The molecule has 1 fully saturated rings. The fourth-order valence-corrected chi connectivity index (χ4v) is 3.94. The fourth-order valence-electron chi connectivity index (χ4n) is 3.94. The van der Waals surface area contributed by atoms with E-state index < -0.39 is 0 Å². The van der Waals surface area contributed by atoms with Crippen LogP contribution in [0.25, 0.3) is 0 Å². The predicted molar refractivity (Wildman–Crippen MR) is 78.3 cm³/mol. The molecule has 0 saturated heterocycles. The minimum Gasteiger partial charge on any atom is -0.379 e. The largest absolute Gasteiger partial charge is 0.379 e. The molecule has 3 rings (SSSR count). The number of hydrogen-bond donors (Lipinski definition) is 1. The number of para-hydroxylation sites is 1. The molecule has 0 unspecified atom stereocenters. The van der Waals surface area contributed by atoms with Crippen molar-refractivity contribution in [2.24, 2.45) is 0 Å². The predicted octanol–water partition coefficient (Wildman–Crippen LogP) is 4.17. The fraction of sp³-hybridized carbons (Fsp3) is 0.625. The zero-order chi connectivity index (χ0) is 13.5. The van der Waals surface area contributed by atoms with Gasteiger partial charge in [0.1, 0.15) is 5.82 Å². The summed E-state index contributed by atoms with van der Waals surface area (Å²) in [6, 6.07) is 5.83. The van der Waals surface area contributed by atoms with Crippen molar-refractivity contribution in [1.29, 1.82) is 0 Å². The number of nitrogens with one attached hydrogen (secondary N) is 1. The highest BCUT2D eigenvalue weighted by Crippen LogP contribution is 2.45. The molecule has 2 nitrogen and oxygen atoms in total. The molecule has 0 radical (unpaired) electrons. The molecule has 0 amide bonds. The summed E-state index contributed by atoms with van der Waals surface area (Å²) in [5, 5.41) is 3.36. The molecule has 1 aliphatic heterocycles. The lowest BCUT2D eigenvalue weighted by Gasteiger charge is -2.53. The molecule has 1 saturated carbocycles. The molecule has 1 aromatic carbocycles. The van der Waals surface area contributed by atoms with Crippen LogP contribution in [0, 0.1) is 5.82 Å². The molecule has 2 aliphatic rings. The molecule has 1 N–H and O–H groups in total. The van der Waals surface area contributed by atoms with Gasteiger partial charge >= 0.3 is 0 Å². The van der Waals surface area contributed by atoms with Crippen LogP contribution in [0.2, 0.25) is 0 Å². The molecule has 1 heterocycles. The van der Waals surface area contributed by atoms with Crippen molar-refractivity contribution in [3.63, 3.8) is 0 Å². The maximum absolute atomic E-state index is 14.0. The Bertz CT molecular complexity index is 464. The third kappa shape index (κ3) is 1.99. The summed E-state index contributed by atoms with van der Waals surface area (Å²) in [4.78, 5) is 2.47. The molecule has 1 aliphatic carbocycles. The molecule has 0 atom stereocenters. The summed E-state index contributed by atoms with van der Waals surface area (Å²) < 4.78 is 14.0. The molecular weight excluding hydrogens is 239 g/mol. The lowest BCUT2D eigenvalue weighted by atomic mass is 9.77. The van der Waals surface area contributed by atoms with E-state index in [0.29, 0.717) is 11.7 Å². The zero-order valence-corrected chi connectivity index (χ0v) is 11.9. The molecule has 19 heavy (non-hydrogen) atoms. The number of halogens is 1. The lowest BCUT2D eigenvalue weighted by molar-refractivity contribution is 0.269. The quantitative estimate of drug-likeness (QED) is 0.817. The number of anilines is 2. The topological polar surface area (TPSA) is 15.3 Å². The smallest absolute Gasteiger partial charge is 0.148 e. The van der Waals surface area contributed by atoms with Crippen LogP contribution in [-0.4, -0.2) is 18.1 Å². The third-order valence-corrected chi connectivity index (χ3v) is 4.66. The summed E-state index contributed by atoms with van der Waals surface area (Å²) in [5.41, 5.74) is 1.92. The van der Waals surface area contributed by atoms with Gasteiger partial charge < -0.3 is 10.2 Å². The van der Waals surface area contributed by atoms with E-state index in [0.717, 1.165) is 12.2 Å². The molecule has 1 spiro atoms. The number of fused-ring (bicyclic) bond motifs is 1. The zero-order valence-electron chi connectivity index (χ0n) is 11.9. The van der Waals surface area contributed by atoms with Crippen LogP contribution in [0.3, 0.4) is 0 Å². The van der Waals surface area contributed by atoms with E-state index in [1.165, 1.54) is 32.1 Å². The number of hydrogen-bond acceptors (Lipinski definition) is 2. The van der Waals surface area contributed by atoms with Gasteiger partial charge in [-0.25, -0.2) is 4.39 Å². The van der Waals surface area contributed by atoms with E-state index in [-0.39, 0.29) is 11.4 Å². The van der Waals surface area contributed by atoms with Crippen LogP contribution in [0.5, 0.6) is 0 Å². The van der Waals surface area contributed by atoms with Crippen LogP contribution in [-0.2, 0) is 0 Å². The SMILES string of the molecule is CC(C)N1c2cccc(F)c2NCC12CCCCC2. The van der Waals surface area contributed by atoms with Gasteiger partial charge in [-0.1, -0.05) is 25.3 Å². The van der Waals surface area contributed by atoms with Gasteiger partial charge in [-0.2, -0.15) is 0 Å². The first kappa shape index (κ1) is 12.8. The van der Waals surface area contributed by atoms with Gasteiger partial charge in [0.25, 0.3) is 0 Å². The van der Waals surface area contributed by atoms with Crippen molar-refractivity contribution in [3.05, 3.63) is 24.0 Å². The second kappa shape index (κ2) is 4.69. The van der Waals surface area contributed by atoms with E-state index >= 15 is 0 Å². The number of nitrogens with zero attached hydrogens (tertiary/aromatic N) is 1. The number of rotatable bonds is 1. The Morgan fingerprint density at radius 3 is 2.63 bits per heavy atom. The van der Waals surface area contributed by atoms with Crippen molar-refractivity contribution in [2.75, 3.05) is 16.8 Å². The summed E-state index contributed by atoms with van der Waals surface area (Å²) in [6.45, 7) is 5.31. The van der Waals surface area contributed by atoms with Crippen molar-refractivity contribution in [1.82, 2.24) is 0 Å². The second-order valence-corrected chi connectivity index (χ2v) is 6.24. The molecular formula is C16H23FN2. The first-order chi connectivity index (χ1) is 9.14. The van der Waals surface area contributed by atoms with Gasteiger partial charge in [0, 0.05) is 12.6 Å². The summed E-state index contributed by atoms with van der Waals surface area (Å²) in [6.07, 6.45) is 6.34. The third-order valence-electron chi connectivity index (χ3n) is 4.66. The Hall–Kier alpha value is -1.25. The van der Waals surface area contributed by atoms with Gasteiger partial charge in [0.05, 0.1) is 16.9 Å². The Labute approximate surface area is 115 Å². The Morgan fingerprint density at radius 1 is 1.21 bits per heavy atom. The Morgan fingerprint density at radius 2 is 1.95 bits per heavy atom. The minimum atomic E-state index is -0.131. The summed E-state index contributed by atoms with van der Waals surface area (Å²) in [7, 11) is 0. The van der Waals surface area contributed by atoms with Crippen LogP contribution >= 0.6 is 0 Å². The second-order valence-electron chi connectivity index (χ2n) is 6.24. The summed E-state index contributed by atoms with van der Waals surface area (Å²) in [5.74, 6) is -0.131. The monoisotopic (exact) mass is 262 g/mol. The first-order valence-electron chi connectivity index (χ1n) is 7.46. The maximum atomic E-state index is 14.0. The highest BCUT2D eigenvalue weighted by atomic mass is 19.1. The van der Waals surface area contributed by atoms with E-state index in [1.54, 1.807) is 6.07 Å². The van der Waals surface area contributed by atoms with Crippen molar-refractivity contribution in [2.45, 2.75) is 57.5 Å². The molecule has 0 bridgehead atoms. The van der Waals surface area contributed by atoms with Crippen molar-refractivity contribution >= 4 is 11.4 Å². The Balaban J connectivity index is 2.07. The first-order valence-corrected chi connectivity index (χ1v) is 7.46. The van der Waals surface area contributed by atoms with Crippen molar-refractivity contribution in [3.8, 4) is 0 Å². The van der Waals surface area contributed by atoms with Gasteiger partial charge in [-0.3, -0.25) is 0 Å². The van der Waals surface area contributed by atoms with E-state index in [1.807, 2.05) is 6.07 Å². The summed E-state index contributed by atoms with van der Waals surface area (Å²) >= 11 is 0. The highest BCUT2D eigenvalue weighted by Gasteiger charge is 2.43. The van der Waals surface area contributed by atoms with Gasteiger partial charge in [-0.05, 0) is 38.8 Å². The Kier molecular flexibility index (Phi) is 3.15. The number of benzene rings is 1. The van der Waals surface area contributed by atoms with E-state index in [9.17, 15) is 4.39 Å². The minimum absolute atomic E-state index is 0.131. The molecule has 3 heteroatoms. The van der Waals surface area contributed by atoms with Gasteiger partial charge in [-0.15, -0.1) is 0 Å². The standard InChI is InChI=1S/C16H23FN2/c1-12(2)19-14-8-6-7-13(17)15(14)18-11-16(19)9-4-3-5-10-16/h6-8,12,18H,3-5,9-11H2,1-2H3. The maximum Gasteiger partial charge on any atom is 0.148 e. The average molecular weight is 262 g/mol.